The zero-order valence-electron chi connectivity index (χ0n) is 9.65. The van der Waals surface area contributed by atoms with Crippen molar-refractivity contribution in [3.63, 3.8) is 0 Å². The fourth-order valence-corrected chi connectivity index (χ4v) is 2.50. The third-order valence-corrected chi connectivity index (χ3v) is 3.41. The molecule has 0 unspecified atom stereocenters. The lowest BCUT2D eigenvalue weighted by atomic mass is 9.86. The van der Waals surface area contributed by atoms with Crippen LogP contribution in [0.1, 0.15) is 37.8 Å². The normalized spacial score (nSPS) is 17.1. The monoisotopic (exact) mass is 219 g/mol. The summed E-state index contributed by atoms with van der Waals surface area (Å²) in [4.78, 5) is 14.0. The topological polar surface area (TPSA) is 47.2 Å². The Labute approximate surface area is 95.4 Å². The van der Waals surface area contributed by atoms with Crippen LogP contribution in [0, 0.1) is 5.92 Å². The number of aliphatic imine (C=N–C) groups is 1. The number of hydrogen-bond acceptors (Lipinski definition) is 3. The Bertz CT molecular complexity index is 398. The first-order valence-corrected chi connectivity index (χ1v) is 5.90. The smallest absolute Gasteiger partial charge is 0.240 e. The molecule has 0 atom stereocenters. The van der Waals surface area contributed by atoms with Crippen molar-refractivity contribution in [2.45, 2.75) is 38.5 Å². The number of isocyanates is 1. The second kappa shape index (κ2) is 5.08. The molecule has 1 heterocycles. The van der Waals surface area contributed by atoms with Gasteiger partial charge in [0.15, 0.2) is 0 Å². The molecule has 1 fully saturated rings. The van der Waals surface area contributed by atoms with Crippen LogP contribution in [-0.2, 0) is 18.3 Å². The molecular weight excluding hydrogens is 202 g/mol. The summed E-state index contributed by atoms with van der Waals surface area (Å²) >= 11 is 0. The van der Waals surface area contributed by atoms with E-state index in [1.807, 2.05) is 11.7 Å². The van der Waals surface area contributed by atoms with E-state index in [2.05, 4.69) is 10.1 Å². The van der Waals surface area contributed by atoms with Gasteiger partial charge in [0.25, 0.3) is 0 Å². The van der Waals surface area contributed by atoms with Gasteiger partial charge >= 0.3 is 0 Å². The maximum absolute atomic E-state index is 10.3. The average molecular weight is 219 g/mol. The SMILES string of the molecule is Cn1ncc(N=C=O)c1CC1CCCCC1. The Hall–Kier alpha value is -1.41. The van der Waals surface area contributed by atoms with Crippen LogP contribution >= 0.6 is 0 Å². The molecule has 0 aliphatic heterocycles. The third-order valence-electron chi connectivity index (χ3n) is 3.41. The van der Waals surface area contributed by atoms with Crippen LogP contribution in [0.3, 0.4) is 0 Å². The van der Waals surface area contributed by atoms with Crippen molar-refractivity contribution < 1.29 is 4.79 Å². The van der Waals surface area contributed by atoms with E-state index in [1.165, 1.54) is 32.1 Å². The molecule has 1 aliphatic carbocycles. The van der Waals surface area contributed by atoms with E-state index in [1.54, 1.807) is 12.3 Å². The molecule has 4 heteroatoms. The van der Waals surface area contributed by atoms with Crippen molar-refractivity contribution in [3.05, 3.63) is 11.9 Å². The summed E-state index contributed by atoms with van der Waals surface area (Å²) in [6, 6.07) is 0. The van der Waals surface area contributed by atoms with Crippen molar-refractivity contribution in [3.8, 4) is 0 Å². The Morgan fingerprint density at radius 3 is 2.94 bits per heavy atom. The van der Waals surface area contributed by atoms with E-state index in [4.69, 9.17) is 0 Å². The maximum Gasteiger partial charge on any atom is 0.240 e. The van der Waals surface area contributed by atoms with E-state index >= 15 is 0 Å². The van der Waals surface area contributed by atoms with E-state index in [9.17, 15) is 4.79 Å². The summed E-state index contributed by atoms with van der Waals surface area (Å²) in [5.41, 5.74) is 1.75. The molecule has 0 saturated heterocycles. The first-order valence-electron chi connectivity index (χ1n) is 5.90. The third kappa shape index (κ3) is 2.39. The summed E-state index contributed by atoms with van der Waals surface area (Å²) in [6.45, 7) is 0. The van der Waals surface area contributed by atoms with Crippen LogP contribution in [0.5, 0.6) is 0 Å². The Morgan fingerprint density at radius 1 is 1.50 bits per heavy atom. The standard InChI is InChI=1S/C12H17N3O/c1-15-12(11(8-14-15)13-9-16)7-10-5-3-2-4-6-10/h8,10H,2-7H2,1H3. The molecule has 0 bridgehead atoms. The predicted molar refractivity (Wildman–Crippen MR) is 61.3 cm³/mol. The van der Waals surface area contributed by atoms with Gasteiger partial charge in [0.2, 0.25) is 6.08 Å². The maximum atomic E-state index is 10.3. The summed E-state index contributed by atoms with van der Waals surface area (Å²) in [5, 5.41) is 4.14. The highest BCUT2D eigenvalue weighted by atomic mass is 16.1. The molecule has 0 N–H and O–H groups in total. The molecular formula is C12H17N3O. The van der Waals surface area contributed by atoms with E-state index in [-0.39, 0.29) is 0 Å². The van der Waals surface area contributed by atoms with E-state index < -0.39 is 0 Å². The van der Waals surface area contributed by atoms with Crippen molar-refractivity contribution >= 4 is 11.8 Å². The summed E-state index contributed by atoms with van der Waals surface area (Å²) < 4.78 is 1.82. The van der Waals surface area contributed by atoms with Crippen molar-refractivity contribution in [2.75, 3.05) is 0 Å². The minimum atomic E-state index is 0.683. The summed E-state index contributed by atoms with van der Waals surface area (Å²) in [5.74, 6) is 0.727. The first-order chi connectivity index (χ1) is 7.81. The van der Waals surface area contributed by atoms with Crippen LogP contribution < -0.4 is 0 Å². The molecule has 1 aromatic rings. The van der Waals surface area contributed by atoms with Gasteiger partial charge in [-0.2, -0.15) is 10.1 Å². The average Bonchev–Trinajstić information content (AvgIpc) is 2.64. The summed E-state index contributed by atoms with van der Waals surface area (Å²) in [7, 11) is 1.90. The molecule has 2 rings (SSSR count). The molecule has 0 amide bonds. The van der Waals surface area contributed by atoms with Gasteiger partial charge < -0.3 is 0 Å². The fraction of sp³-hybridized carbons (Fsp3) is 0.667. The number of aryl methyl sites for hydroxylation is 1. The minimum absolute atomic E-state index is 0.683. The van der Waals surface area contributed by atoms with Gasteiger partial charge in [0.05, 0.1) is 11.9 Å². The van der Waals surface area contributed by atoms with Crippen molar-refractivity contribution in [2.24, 2.45) is 18.0 Å². The predicted octanol–water partition coefficient (Wildman–Crippen LogP) is 2.51. The van der Waals surface area contributed by atoms with Gasteiger partial charge in [-0.3, -0.25) is 4.68 Å². The van der Waals surface area contributed by atoms with E-state index in [0.717, 1.165) is 18.0 Å². The van der Waals surface area contributed by atoms with Crippen LogP contribution in [0.2, 0.25) is 0 Å². The molecule has 1 aliphatic rings. The van der Waals surface area contributed by atoms with Gasteiger partial charge in [-0.15, -0.1) is 0 Å². The van der Waals surface area contributed by atoms with Crippen LogP contribution in [0.25, 0.3) is 0 Å². The minimum Gasteiger partial charge on any atom is -0.270 e. The molecule has 0 radical (unpaired) electrons. The first kappa shape index (κ1) is 11.1. The van der Waals surface area contributed by atoms with Crippen LogP contribution in [0.4, 0.5) is 5.69 Å². The molecule has 0 aromatic carbocycles. The lowest BCUT2D eigenvalue weighted by Crippen LogP contribution is -2.12. The quantitative estimate of drug-likeness (QED) is 0.579. The number of aromatic nitrogens is 2. The van der Waals surface area contributed by atoms with E-state index in [0.29, 0.717) is 5.69 Å². The van der Waals surface area contributed by atoms with Gasteiger partial charge in [-0.25, -0.2) is 4.79 Å². The highest BCUT2D eigenvalue weighted by Gasteiger charge is 2.18. The Morgan fingerprint density at radius 2 is 2.25 bits per heavy atom. The van der Waals surface area contributed by atoms with Crippen LogP contribution in [0.15, 0.2) is 11.2 Å². The molecule has 0 spiro atoms. The molecule has 86 valence electrons. The Balaban J connectivity index is 2.12. The molecule has 4 nitrogen and oxygen atoms in total. The Kier molecular flexibility index (Phi) is 3.52. The second-order valence-electron chi connectivity index (χ2n) is 4.51. The largest absolute Gasteiger partial charge is 0.270 e. The number of rotatable bonds is 3. The zero-order chi connectivity index (χ0) is 11.4. The fourth-order valence-electron chi connectivity index (χ4n) is 2.50. The lowest BCUT2D eigenvalue weighted by molar-refractivity contribution is 0.351. The second-order valence-corrected chi connectivity index (χ2v) is 4.51. The summed E-state index contributed by atoms with van der Waals surface area (Å²) in [6.07, 6.45) is 10.8. The highest BCUT2D eigenvalue weighted by molar-refractivity contribution is 5.50. The van der Waals surface area contributed by atoms with Crippen LogP contribution in [-0.4, -0.2) is 15.9 Å². The molecule has 1 saturated carbocycles. The zero-order valence-corrected chi connectivity index (χ0v) is 9.65. The van der Waals surface area contributed by atoms with Gasteiger partial charge in [-0.1, -0.05) is 32.1 Å². The van der Waals surface area contributed by atoms with Gasteiger partial charge in [0.1, 0.15) is 5.69 Å². The molecule has 1 aromatic heterocycles. The molecule has 16 heavy (non-hydrogen) atoms. The number of hydrogen-bond donors (Lipinski definition) is 0. The lowest BCUT2D eigenvalue weighted by Gasteiger charge is -2.21. The van der Waals surface area contributed by atoms with Crippen molar-refractivity contribution in [1.29, 1.82) is 0 Å². The van der Waals surface area contributed by atoms with Crippen molar-refractivity contribution in [1.82, 2.24) is 9.78 Å². The van der Waals surface area contributed by atoms with Gasteiger partial charge in [-0.05, 0) is 12.3 Å². The van der Waals surface area contributed by atoms with Gasteiger partial charge in [0, 0.05) is 7.05 Å². The number of carbonyl (C=O) groups excluding carboxylic acids is 1. The highest BCUT2D eigenvalue weighted by Crippen LogP contribution is 2.29. The number of nitrogens with zero attached hydrogens (tertiary/aromatic N) is 3.